The summed E-state index contributed by atoms with van der Waals surface area (Å²) in [6.45, 7) is 1.10. The number of aromatic nitrogens is 1. The lowest BCUT2D eigenvalue weighted by Crippen LogP contribution is -2.15. The Morgan fingerprint density at radius 2 is 2.10 bits per heavy atom. The molecular weight excluding hydrogens is 280 g/mol. The SMILES string of the molecule is O=C(O)CCCNCc1ncc(-c2ccc(Cl)cc2)o1. The summed E-state index contributed by atoms with van der Waals surface area (Å²) in [6.07, 6.45) is 2.41. The summed E-state index contributed by atoms with van der Waals surface area (Å²) >= 11 is 5.83. The largest absolute Gasteiger partial charge is 0.481 e. The highest BCUT2D eigenvalue weighted by Crippen LogP contribution is 2.22. The number of carboxylic acid groups (broad SMARTS) is 1. The molecule has 1 aromatic heterocycles. The first-order valence-corrected chi connectivity index (χ1v) is 6.66. The van der Waals surface area contributed by atoms with Crippen molar-refractivity contribution >= 4 is 17.6 Å². The van der Waals surface area contributed by atoms with Crippen LogP contribution >= 0.6 is 11.6 Å². The third-order valence-corrected chi connectivity index (χ3v) is 2.95. The molecular formula is C14H15ClN2O3. The van der Waals surface area contributed by atoms with E-state index in [-0.39, 0.29) is 6.42 Å². The van der Waals surface area contributed by atoms with Crippen LogP contribution in [0.15, 0.2) is 34.9 Å². The van der Waals surface area contributed by atoms with Gasteiger partial charge in [0.25, 0.3) is 0 Å². The summed E-state index contributed by atoms with van der Waals surface area (Å²) < 4.78 is 5.60. The normalized spacial score (nSPS) is 10.7. The Hall–Kier alpha value is -1.85. The predicted octanol–water partition coefficient (Wildman–Crippen LogP) is 2.95. The molecule has 0 aliphatic heterocycles. The van der Waals surface area contributed by atoms with Gasteiger partial charge in [0.2, 0.25) is 5.89 Å². The maximum absolute atomic E-state index is 10.3. The number of aliphatic carboxylic acids is 1. The lowest BCUT2D eigenvalue weighted by atomic mass is 10.2. The van der Waals surface area contributed by atoms with Crippen LogP contribution in [0.2, 0.25) is 5.02 Å². The molecule has 20 heavy (non-hydrogen) atoms. The predicted molar refractivity (Wildman–Crippen MR) is 75.5 cm³/mol. The molecule has 6 heteroatoms. The van der Waals surface area contributed by atoms with Crippen LogP contribution in [0, 0.1) is 0 Å². The number of carboxylic acids is 1. The highest BCUT2D eigenvalue weighted by atomic mass is 35.5. The Labute approximate surface area is 121 Å². The van der Waals surface area contributed by atoms with Crippen molar-refractivity contribution in [1.29, 1.82) is 0 Å². The van der Waals surface area contributed by atoms with Crippen LogP contribution in [-0.4, -0.2) is 22.6 Å². The molecule has 0 saturated heterocycles. The minimum atomic E-state index is -0.784. The number of hydrogen-bond acceptors (Lipinski definition) is 4. The van der Waals surface area contributed by atoms with Gasteiger partial charge in [-0.3, -0.25) is 4.79 Å². The molecule has 1 aromatic carbocycles. The van der Waals surface area contributed by atoms with Crippen LogP contribution in [0.5, 0.6) is 0 Å². The minimum Gasteiger partial charge on any atom is -0.481 e. The Morgan fingerprint density at radius 3 is 2.80 bits per heavy atom. The third-order valence-electron chi connectivity index (χ3n) is 2.70. The Balaban J connectivity index is 1.83. The van der Waals surface area contributed by atoms with Gasteiger partial charge in [0.1, 0.15) is 0 Å². The average Bonchev–Trinajstić information content (AvgIpc) is 2.87. The first-order valence-electron chi connectivity index (χ1n) is 6.28. The lowest BCUT2D eigenvalue weighted by molar-refractivity contribution is -0.137. The summed E-state index contributed by atoms with van der Waals surface area (Å²) in [6, 6.07) is 7.33. The first-order chi connectivity index (χ1) is 9.65. The van der Waals surface area contributed by atoms with Gasteiger partial charge in [0.15, 0.2) is 5.76 Å². The lowest BCUT2D eigenvalue weighted by Gasteiger charge is -2.00. The molecule has 1 heterocycles. The van der Waals surface area contributed by atoms with E-state index in [0.29, 0.717) is 36.2 Å². The van der Waals surface area contributed by atoms with Gasteiger partial charge in [-0.05, 0) is 37.2 Å². The van der Waals surface area contributed by atoms with Crippen LogP contribution in [0.3, 0.4) is 0 Å². The van der Waals surface area contributed by atoms with Gasteiger partial charge in [-0.25, -0.2) is 4.98 Å². The number of benzene rings is 1. The van der Waals surface area contributed by atoms with Gasteiger partial charge in [0, 0.05) is 17.0 Å². The van der Waals surface area contributed by atoms with Crippen LogP contribution < -0.4 is 5.32 Å². The zero-order chi connectivity index (χ0) is 14.4. The molecule has 106 valence electrons. The number of halogens is 1. The molecule has 2 N–H and O–H groups in total. The Bertz CT molecular complexity index is 566. The number of oxazole rings is 1. The highest BCUT2D eigenvalue weighted by molar-refractivity contribution is 6.30. The molecule has 0 radical (unpaired) electrons. The molecule has 0 spiro atoms. The van der Waals surface area contributed by atoms with Crippen LogP contribution in [0.25, 0.3) is 11.3 Å². The zero-order valence-corrected chi connectivity index (χ0v) is 11.6. The van der Waals surface area contributed by atoms with Crippen molar-refractivity contribution in [2.24, 2.45) is 0 Å². The molecule has 5 nitrogen and oxygen atoms in total. The van der Waals surface area contributed by atoms with Crippen molar-refractivity contribution in [2.45, 2.75) is 19.4 Å². The van der Waals surface area contributed by atoms with Crippen molar-refractivity contribution in [3.63, 3.8) is 0 Å². The summed E-state index contributed by atoms with van der Waals surface area (Å²) in [5, 5.41) is 12.3. The van der Waals surface area contributed by atoms with Crippen molar-refractivity contribution in [1.82, 2.24) is 10.3 Å². The van der Waals surface area contributed by atoms with Crippen molar-refractivity contribution in [3.05, 3.63) is 41.4 Å². The van der Waals surface area contributed by atoms with Crippen molar-refractivity contribution < 1.29 is 14.3 Å². The molecule has 0 saturated carbocycles. The second-order valence-electron chi connectivity index (χ2n) is 4.30. The first kappa shape index (κ1) is 14.6. The fourth-order valence-corrected chi connectivity index (χ4v) is 1.83. The van der Waals surface area contributed by atoms with Gasteiger partial charge in [-0.15, -0.1) is 0 Å². The molecule has 0 fully saturated rings. The van der Waals surface area contributed by atoms with E-state index in [0.717, 1.165) is 5.56 Å². The summed E-state index contributed by atoms with van der Waals surface area (Å²) in [4.78, 5) is 14.5. The van der Waals surface area contributed by atoms with Gasteiger partial charge in [-0.1, -0.05) is 11.6 Å². The fraction of sp³-hybridized carbons (Fsp3) is 0.286. The quantitative estimate of drug-likeness (QED) is 0.768. The van der Waals surface area contributed by atoms with Crippen molar-refractivity contribution in [3.8, 4) is 11.3 Å². The summed E-state index contributed by atoms with van der Waals surface area (Å²) in [5.74, 6) is 0.474. The second kappa shape index (κ2) is 7.07. The standard InChI is InChI=1S/C14H15ClN2O3/c15-11-5-3-10(4-6-11)12-8-17-13(20-12)9-16-7-1-2-14(18)19/h3-6,8,16H,1-2,7,9H2,(H,18,19). The maximum Gasteiger partial charge on any atom is 0.303 e. The van der Waals surface area contributed by atoms with E-state index in [1.807, 2.05) is 12.1 Å². The maximum atomic E-state index is 10.3. The molecule has 2 aromatic rings. The van der Waals surface area contributed by atoms with E-state index in [4.69, 9.17) is 21.1 Å². The molecule has 0 amide bonds. The zero-order valence-electron chi connectivity index (χ0n) is 10.8. The monoisotopic (exact) mass is 294 g/mol. The third kappa shape index (κ3) is 4.36. The van der Waals surface area contributed by atoms with E-state index < -0.39 is 5.97 Å². The topological polar surface area (TPSA) is 75.4 Å². The smallest absolute Gasteiger partial charge is 0.303 e. The number of carbonyl (C=O) groups is 1. The highest BCUT2D eigenvalue weighted by Gasteiger charge is 2.06. The Kier molecular flexibility index (Phi) is 5.15. The molecule has 0 bridgehead atoms. The van der Waals surface area contributed by atoms with Gasteiger partial charge in [0.05, 0.1) is 12.7 Å². The molecule has 0 aliphatic rings. The van der Waals surface area contributed by atoms with Gasteiger partial charge < -0.3 is 14.8 Å². The molecule has 0 atom stereocenters. The Morgan fingerprint density at radius 1 is 1.35 bits per heavy atom. The average molecular weight is 295 g/mol. The van der Waals surface area contributed by atoms with Crippen molar-refractivity contribution in [2.75, 3.05) is 6.54 Å². The van der Waals surface area contributed by atoms with E-state index in [1.54, 1.807) is 18.3 Å². The second-order valence-corrected chi connectivity index (χ2v) is 4.74. The van der Waals surface area contributed by atoms with E-state index >= 15 is 0 Å². The van der Waals surface area contributed by atoms with Crippen LogP contribution in [0.4, 0.5) is 0 Å². The van der Waals surface area contributed by atoms with E-state index in [1.165, 1.54) is 0 Å². The molecule has 0 unspecified atom stereocenters. The number of rotatable bonds is 7. The molecule has 0 aliphatic carbocycles. The number of hydrogen-bond donors (Lipinski definition) is 2. The van der Waals surface area contributed by atoms with Gasteiger partial charge >= 0.3 is 5.97 Å². The van der Waals surface area contributed by atoms with Crippen LogP contribution in [-0.2, 0) is 11.3 Å². The van der Waals surface area contributed by atoms with E-state index in [2.05, 4.69) is 10.3 Å². The number of nitrogens with one attached hydrogen (secondary N) is 1. The molecule has 2 rings (SSSR count). The van der Waals surface area contributed by atoms with Crippen LogP contribution in [0.1, 0.15) is 18.7 Å². The van der Waals surface area contributed by atoms with E-state index in [9.17, 15) is 4.79 Å². The van der Waals surface area contributed by atoms with Gasteiger partial charge in [-0.2, -0.15) is 0 Å². The number of nitrogens with zero attached hydrogens (tertiary/aromatic N) is 1. The summed E-state index contributed by atoms with van der Waals surface area (Å²) in [7, 11) is 0. The summed E-state index contributed by atoms with van der Waals surface area (Å²) in [5.41, 5.74) is 0.916. The fourth-order valence-electron chi connectivity index (χ4n) is 1.70. The minimum absolute atomic E-state index is 0.161.